The number of benzene rings is 5. The maximum atomic E-state index is 14.8. The van der Waals surface area contributed by atoms with Crippen molar-refractivity contribution in [1.82, 2.24) is 0 Å². The zero-order valence-corrected chi connectivity index (χ0v) is 42.9. The van der Waals surface area contributed by atoms with Crippen molar-refractivity contribution < 1.29 is 46.3 Å². The topological polar surface area (TPSA) is 124 Å². The Labute approximate surface area is 399 Å². The third kappa shape index (κ3) is 11.0. The molecule has 0 bridgehead atoms. The Balaban J connectivity index is 0.000000222. The number of rotatable bonds is 10. The average Bonchev–Trinajstić information content (AvgIpc) is 3.26. The molecule has 2 atom stereocenters. The summed E-state index contributed by atoms with van der Waals surface area (Å²) in [5.74, 6) is 2.24. The van der Waals surface area contributed by atoms with E-state index in [1.54, 1.807) is 64.1 Å². The minimum atomic E-state index is -3.83. The fraction of sp³-hybridized carbons (Fsp3) is 0.385. The third-order valence-corrected chi connectivity index (χ3v) is 15.3. The lowest BCUT2D eigenvalue weighted by molar-refractivity contribution is 0.0516. The maximum absolute atomic E-state index is 14.8. The molecule has 5 aromatic rings. The first-order chi connectivity index (χ1) is 31.2. The summed E-state index contributed by atoms with van der Waals surface area (Å²) >= 11 is 12.7. The van der Waals surface area contributed by atoms with Gasteiger partial charge in [-0.25, -0.2) is 18.7 Å². The van der Waals surface area contributed by atoms with Crippen LogP contribution in [-0.4, -0.2) is 43.6 Å². The first kappa shape index (κ1) is 50.7. The highest BCUT2D eigenvalue weighted by Gasteiger charge is 2.41. The number of fused-ring (bicyclic) bond motifs is 4. The van der Waals surface area contributed by atoms with Gasteiger partial charge in [-0.2, -0.15) is 0 Å². The quantitative estimate of drug-likeness (QED) is 0.0759. The van der Waals surface area contributed by atoms with Gasteiger partial charge in [0.05, 0.1) is 36.3 Å². The van der Waals surface area contributed by atoms with Gasteiger partial charge in [-0.05, 0) is 118 Å². The van der Waals surface area contributed by atoms with Crippen molar-refractivity contribution in [3.63, 3.8) is 0 Å². The van der Waals surface area contributed by atoms with Crippen molar-refractivity contribution >= 4 is 55.6 Å². The van der Waals surface area contributed by atoms with E-state index in [0.717, 1.165) is 33.4 Å². The molecule has 0 amide bonds. The first-order valence-electron chi connectivity index (χ1n) is 22.3. The summed E-state index contributed by atoms with van der Waals surface area (Å²) in [5, 5.41) is 0.514. The van der Waals surface area contributed by atoms with E-state index < -0.39 is 27.1 Å². The molecular weight excluding hydrogens is 917 g/mol. The van der Waals surface area contributed by atoms with E-state index in [0.29, 0.717) is 79.9 Å². The first-order valence-corrected chi connectivity index (χ1v) is 26.9. The number of aryl methyl sites for hydroxylation is 4. The van der Waals surface area contributed by atoms with Gasteiger partial charge >= 0.3 is 27.1 Å². The van der Waals surface area contributed by atoms with Gasteiger partial charge < -0.3 is 27.6 Å². The predicted octanol–water partition coefficient (Wildman–Crippen LogP) is 13.9. The van der Waals surface area contributed by atoms with Crippen LogP contribution in [0.25, 0.3) is 0 Å². The molecule has 5 aromatic carbocycles. The predicted molar refractivity (Wildman–Crippen MR) is 264 cm³/mol. The summed E-state index contributed by atoms with van der Waals surface area (Å²) in [6.45, 7) is 21.7. The van der Waals surface area contributed by atoms with E-state index >= 15 is 0 Å². The standard InChI is InChI=1S/C30H35Cl2O3P.C22H25O7P/c1-18(2)28-26-14-19(3)12-24(21(5)16-31)29(26)34-36(33,23-10-8-7-9-11-23)35-30-25(22(6)17-32)13-20(4)15-27(28)30;1-6-26-21(23)17-8-13(3)19-15(11-17)10-16-12-18(22(24)27-7-2)9-14(4)20(16)29-30(5,25)28-19/h7-15,18,21-22,28H,16-17H2,1-6H3;8-9,11-12H,6-7,10H2,1-5H3. The monoisotopic (exact) mass is 976 g/mol. The van der Waals surface area contributed by atoms with Crippen molar-refractivity contribution in [2.45, 2.75) is 93.4 Å². The second-order valence-electron chi connectivity index (χ2n) is 17.5. The van der Waals surface area contributed by atoms with Crippen molar-refractivity contribution in [1.29, 1.82) is 0 Å². The van der Waals surface area contributed by atoms with Crippen LogP contribution in [0.5, 0.6) is 23.0 Å². The third-order valence-electron chi connectivity index (χ3n) is 11.6. The molecule has 0 N–H and O–H groups in total. The maximum Gasteiger partial charge on any atom is 0.462 e. The molecule has 2 aliphatic rings. The van der Waals surface area contributed by atoms with E-state index in [4.69, 9.17) is 50.8 Å². The summed E-state index contributed by atoms with van der Waals surface area (Å²) in [6, 6.07) is 24.4. The van der Waals surface area contributed by atoms with Crippen LogP contribution in [0.15, 0.2) is 78.9 Å². The Morgan fingerprint density at radius 1 is 0.636 bits per heavy atom. The molecule has 7 rings (SSSR count). The normalized spacial score (nSPS) is 17.8. The number of esters is 2. The molecule has 2 aliphatic heterocycles. The lowest BCUT2D eigenvalue weighted by Gasteiger charge is -2.35. The number of ether oxygens (including phenoxy) is 2. The summed E-state index contributed by atoms with van der Waals surface area (Å²) in [4.78, 5) is 24.6. The highest BCUT2D eigenvalue weighted by atomic mass is 35.5. The second kappa shape index (κ2) is 21.1. The summed E-state index contributed by atoms with van der Waals surface area (Å²) in [7, 11) is -7.34. The van der Waals surface area contributed by atoms with Gasteiger partial charge in [-0.15, -0.1) is 23.2 Å². The molecule has 0 spiro atoms. The molecule has 2 heterocycles. The summed E-state index contributed by atoms with van der Waals surface area (Å²) < 4.78 is 62.8. The highest BCUT2D eigenvalue weighted by Crippen LogP contribution is 2.58. The minimum absolute atomic E-state index is 0.0144. The van der Waals surface area contributed by atoms with E-state index in [2.05, 4.69) is 65.8 Å². The molecule has 66 heavy (non-hydrogen) atoms. The molecule has 0 radical (unpaired) electrons. The molecule has 2 unspecified atom stereocenters. The SMILES string of the molecule is CCOC(=O)c1cc(C)c2c(c1)Cc1cc(C(=O)OCC)cc(C)c1OP(C)(=O)O2.Cc1cc(C(C)CCl)c2c(c1)C(C(C)C)c1cc(C)cc(C(C)CCl)c1OP(=O)(c1ccccc1)O2. The van der Waals surface area contributed by atoms with Gasteiger partial charge in [0.2, 0.25) is 0 Å². The molecular formula is C52H60Cl2O10P2. The molecule has 0 fully saturated rings. The van der Waals surface area contributed by atoms with Gasteiger partial charge in [0.1, 0.15) is 23.0 Å². The van der Waals surface area contributed by atoms with Crippen LogP contribution in [0, 0.1) is 33.6 Å². The van der Waals surface area contributed by atoms with Crippen LogP contribution in [0.1, 0.15) is 136 Å². The van der Waals surface area contributed by atoms with Crippen LogP contribution in [0.4, 0.5) is 0 Å². The van der Waals surface area contributed by atoms with E-state index in [1.807, 2.05) is 18.2 Å². The Kier molecular flexibility index (Phi) is 16.2. The summed E-state index contributed by atoms with van der Waals surface area (Å²) in [6.07, 6.45) is 0.312. The average molecular weight is 978 g/mol. The van der Waals surface area contributed by atoms with E-state index in [1.165, 1.54) is 6.66 Å². The Bertz CT molecular complexity index is 2570. The smallest absolute Gasteiger partial charge is 0.462 e. The number of hydrogen-bond donors (Lipinski definition) is 0. The van der Waals surface area contributed by atoms with Crippen LogP contribution in [-0.2, 0) is 25.0 Å². The molecule has 0 aromatic heterocycles. The largest absolute Gasteiger partial charge is 0.462 e. The van der Waals surface area contributed by atoms with Crippen molar-refractivity contribution in [2.24, 2.45) is 5.92 Å². The number of carbonyl (C=O) groups is 2. The van der Waals surface area contributed by atoms with E-state index in [9.17, 15) is 18.7 Å². The fourth-order valence-electron chi connectivity index (χ4n) is 8.53. The Hall–Kier alpha value is -4.72. The minimum Gasteiger partial charge on any atom is -0.462 e. The molecule has 0 aliphatic carbocycles. The van der Waals surface area contributed by atoms with Crippen molar-refractivity contribution in [2.75, 3.05) is 31.6 Å². The van der Waals surface area contributed by atoms with Crippen LogP contribution in [0.3, 0.4) is 0 Å². The van der Waals surface area contributed by atoms with Crippen LogP contribution >= 0.6 is 38.4 Å². The fourth-order valence-corrected chi connectivity index (χ4v) is 11.8. The summed E-state index contributed by atoms with van der Waals surface area (Å²) in [5.41, 5.74) is 9.55. The van der Waals surface area contributed by atoms with E-state index in [-0.39, 0.29) is 36.9 Å². The molecule has 0 saturated carbocycles. The van der Waals surface area contributed by atoms with Gasteiger partial charge in [0.25, 0.3) is 0 Å². The molecule has 14 heteroatoms. The molecule has 0 saturated heterocycles. The van der Waals surface area contributed by atoms with Crippen LogP contribution in [0.2, 0.25) is 0 Å². The zero-order chi connectivity index (χ0) is 48.2. The number of hydrogen-bond acceptors (Lipinski definition) is 10. The second-order valence-corrected chi connectivity index (χ2v) is 21.9. The van der Waals surface area contributed by atoms with Gasteiger partial charge in [0.15, 0.2) is 0 Å². The molecule has 10 nitrogen and oxygen atoms in total. The van der Waals surface area contributed by atoms with Crippen LogP contribution < -0.4 is 23.4 Å². The number of halogens is 2. The highest BCUT2D eigenvalue weighted by molar-refractivity contribution is 7.63. The van der Waals surface area contributed by atoms with Crippen molar-refractivity contribution in [3.05, 3.63) is 146 Å². The zero-order valence-electron chi connectivity index (χ0n) is 39.6. The Morgan fingerprint density at radius 2 is 1.06 bits per heavy atom. The lowest BCUT2D eigenvalue weighted by Crippen LogP contribution is -2.23. The van der Waals surface area contributed by atoms with Gasteiger partial charge in [0, 0.05) is 46.4 Å². The number of carbonyl (C=O) groups excluding carboxylic acids is 2. The van der Waals surface area contributed by atoms with Gasteiger partial charge in [-0.1, -0.05) is 81.3 Å². The Morgan fingerprint density at radius 3 is 1.44 bits per heavy atom. The van der Waals surface area contributed by atoms with Gasteiger partial charge in [-0.3, -0.25) is 0 Å². The number of alkyl halides is 2. The lowest BCUT2D eigenvalue weighted by atomic mass is 9.78. The molecule has 352 valence electrons. The van der Waals surface area contributed by atoms with Crippen molar-refractivity contribution in [3.8, 4) is 23.0 Å².